The minimum absolute atomic E-state index is 0.0658. The van der Waals surface area contributed by atoms with E-state index in [0.717, 1.165) is 0 Å². The van der Waals surface area contributed by atoms with Crippen LogP contribution in [0.2, 0.25) is 0 Å². The molecule has 0 aliphatic rings. The van der Waals surface area contributed by atoms with Gasteiger partial charge in [0.15, 0.2) is 21.5 Å². The van der Waals surface area contributed by atoms with Gasteiger partial charge in [-0.1, -0.05) is 44.9 Å². The molecule has 0 saturated heterocycles. The number of nitrogens with zero attached hydrogens (tertiary/aromatic N) is 4. The summed E-state index contributed by atoms with van der Waals surface area (Å²) >= 11 is 0. The Labute approximate surface area is 135 Å². The van der Waals surface area contributed by atoms with Crippen molar-refractivity contribution in [2.45, 2.75) is 63.9 Å². The lowest BCUT2D eigenvalue weighted by atomic mass is 9.96. The third-order valence-corrected chi connectivity index (χ3v) is 5.25. The lowest BCUT2D eigenvalue weighted by Gasteiger charge is -2.11. The summed E-state index contributed by atoms with van der Waals surface area (Å²) in [6.07, 6.45) is 0. The summed E-state index contributed by atoms with van der Waals surface area (Å²) in [5.74, 6) is 0.791. The van der Waals surface area contributed by atoms with Gasteiger partial charge < -0.3 is 9.05 Å². The minimum Gasteiger partial charge on any atom is -0.338 e. The Balaban J connectivity index is 2.19. The highest BCUT2D eigenvalue weighted by atomic mass is 32.2. The maximum absolute atomic E-state index is 12.5. The van der Waals surface area contributed by atoms with Crippen LogP contribution in [0.3, 0.4) is 0 Å². The minimum atomic E-state index is -3.60. The molecule has 0 aliphatic heterocycles. The summed E-state index contributed by atoms with van der Waals surface area (Å²) in [5.41, 5.74) is -0.316. The van der Waals surface area contributed by atoms with Crippen molar-refractivity contribution in [2.75, 3.05) is 0 Å². The van der Waals surface area contributed by atoms with Crippen molar-refractivity contribution in [3.63, 3.8) is 0 Å². The molecule has 0 bridgehead atoms. The molecule has 9 heteroatoms. The highest BCUT2D eigenvalue weighted by Gasteiger charge is 2.32. The van der Waals surface area contributed by atoms with Crippen molar-refractivity contribution in [3.05, 3.63) is 23.4 Å². The molecule has 2 heterocycles. The van der Waals surface area contributed by atoms with Crippen LogP contribution in [0.5, 0.6) is 0 Å². The molecular formula is C14H22N4O4S. The van der Waals surface area contributed by atoms with Gasteiger partial charge in [-0.25, -0.2) is 8.42 Å². The van der Waals surface area contributed by atoms with E-state index in [2.05, 4.69) is 20.3 Å². The van der Waals surface area contributed by atoms with Crippen LogP contribution < -0.4 is 0 Å². The van der Waals surface area contributed by atoms with Crippen LogP contribution in [-0.2, 0) is 21.0 Å². The predicted octanol–water partition coefficient (Wildman–Crippen LogP) is 2.55. The number of aromatic nitrogens is 4. The Bertz CT molecular complexity index is 771. The fraction of sp³-hybridized carbons (Fsp3) is 0.714. The highest BCUT2D eigenvalue weighted by Crippen LogP contribution is 2.26. The van der Waals surface area contributed by atoms with E-state index in [4.69, 9.17) is 9.05 Å². The standard InChI is InChI=1S/C14H22N4O4S/c1-8(2)11-15-10(21-17-11)7-23(19,20)9(3)12-16-13(18-22-12)14(4,5)6/h8-9H,7H2,1-6H3. The van der Waals surface area contributed by atoms with Crippen molar-refractivity contribution >= 4 is 9.84 Å². The van der Waals surface area contributed by atoms with Crippen LogP contribution in [0, 0.1) is 0 Å². The molecule has 128 valence electrons. The fourth-order valence-corrected chi connectivity index (χ4v) is 2.83. The Hall–Kier alpha value is -1.77. The van der Waals surface area contributed by atoms with Crippen LogP contribution in [-0.4, -0.2) is 28.7 Å². The van der Waals surface area contributed by atoms with E-state index in [1.54, 1.807) is 0 Å². The Kier molecular flexibility index (Phi) is 4.61. The normalized spacial score (nSPS) is 14.4. The predicted molar refractivity (Wildman–Crippen MR) is 82.4 cm³/mol. The maximum Gasteiger partial charge on any atom is 0.244 e. The number of sulfone groups is 1. The molecule has 0 radical (unpaired) electrons. The molecule has 0 spiro atoms. The molecule has 0 fully saturated rings. The van der Waals surface area contributed by atoms with Crippen LogP contribution in [0.1, 0.15) is 76.1 Å². The molecule has 0 aliphatic carbocycles. The second kappa shape index (κ2) is 6.03. The van der Waals surface area contributed by atoms with Gasteiger partial charge in [-0.3, -0.25) is 0 Å². The summed E-state index contributed by atoms with van der Waals surface area (Å²) in [5, 5.41) is 6.68. The first-order valence-corrected chi connectivity index (χ1v) is 9.10. The van der Waals surface area contributed by atoms with E-state index in [0.29, 0.717) is 11.6 Å². The molecule has 1 unspecified atom stereocenters. The lowest BCUT2D eigenvalue weighted by molar-refractivity contribution is 0.360. The first kappa shape index (κ1) is 17.6. The summed E-state index contributed by atoms with van der Waals surface area (Å²) in [4.78, 5) is 8.29. The van der Waals surface area contributed by atoms with E-state index in [1.807, 2.05) is 34.6 Å². The largest absolute Gasteiger partial charge is 0.338 e. The van der Waals surface area contributed by atoms with Gasteiger partial charge in [0.2, 0.25) is 11.8 Å². The van der Waals surface area contributed by atoms with Gasteiger partial charge in [0.25, 0.3) is 0 Å². The zero-order valence-corrected chi connectivity index (χ0v) is 15.0. The molecule has 2 aromatic rings. The second-order valence-corrected chi connectivity index (χ2v) is 9.18. The molecule has 0 N–H and O–H groups in total. The van der Waals surface area contributed by atoms with Crippen LogP contribution in [0.15, 0.2) is 9.05 Å². The van der Waals surface area contributed by atoms with Gasteiger partial charge in [0.1, 0.15) is 11.0 Å². The fourth-order valence-electron chi connectivity index (χ4n) is 1.72. The third-order valence-electron chi connectivity index (χ3n) is 3.32. The maximum atomic E-state index is 12.5. The van der Waals surface area contributed by atoms with Gasteiger partial charge in [0, 0.05) is 11.3 Å². The van der Waals surface area contributed by atoms with Gasteiger partial charge in [-0.05, 0) is 6.92 Å². The molecule has 0 amide bonds. The van der Waals surface area contributed by atoms with Gasteiger partial charge >= 0.3 is 0 Å². The van der Waals surface area contributed by atoms with E-state index >= 15 is 0 Å². The number of hydrogen-bond acceptors (Lipinski definition) is 8. The van der Waals surface area contributed by atoms with E-state index in [1.165, 1.54) is 6.92 Å². The summed E-state index contributed by atoms with van der Waals surface area (Å²) in [6.45, 7) is 11.1. The van der Waals surface area contributed by atoms with Gasteiger partial charge in [-0.2, -0.15) is 9.97 Å². The van der Waals surface area contributed by atoms with E-state index in [-0.39, 0.29) is 28.9 Å². The summed E-state index contributed by atoms with van der Waals surface area (Å²) in [7, 11) is -3.60. The molecule has 2 rings (SSSR count). The van der Waals surface area contributed by atoms with Crippen LogP contribution in [0.25, 0.3) is 0 Å². The zero-order valence-electron chi connectivity index (χ0n) is 14.2. The molecule has 2 aromatic heterocycles. The molecule has 0 saturated carbocycles. The first-order valence-electron chi connectivity index (χ1n) is 7.39. The van der Waals surface area contributed by atoms with E-state index < -0.39 is 15.1 Å². The second-order valence-electron chi connectivity index (χ2n) is 6.86. The van der Waals surface area contributed by atoms with Gasteiger partial charge in [0.05, 0.1) is 0 Å². The smallest absolute Gasteiger partial charge is 0.244 e. The van der Waals surface area contributed by atoms with Crippen molar-refractivity contribution in [1.29, 1.82) is 0 Å². The van der Waals surface area contributed by atoms with Crippen molar-refractivity contribution in [2.24, 2.45) is 0 Å². The van der Waals surface area contributed by atoms with Crippen molar-refractivity contribution in [1.82, 2.24) is 20.3 Å². The summed E-state index contributed by atoms with van der Waals surface area (Å²) in [6, 6.07) is 0. The third kappa shape index (κ3) is 3.95. The molecular weight excluding hydrogens is 320 g/mol. The monoisotopic (exact) mass is 342 g/mol. The lowest BCUT2D eigenvalue weighted by Crippen LogP contribution is -2.16. The number of hydrogen-bond donors (Lipinski definition) is 0. The summed E-state index contributed by atoms with van der Waals surface area (Å²) < 4.78 is 35.1. The zero-order chi connectivity index (χ0) is 17.4. The van der Waals surface area contributed by atoms with Crippen LogP contribution in [0.4, 0.5) is 0 Å². The molecule has 8 nitrogen and oxygen atoms in total. The Morgan fingerprint density at radius 1 is 1.04 bits per heavy atom. The Morgan fingerprint density at radius 2 is 1.70 bits per heavy atom. The van der Waals surface area contributed by atoms with E-state index in [9.17, 15) is 8.42 Å². The molecule has 23 heavy (non-hydrogen) atoms. The highest BCUT2D eigenvalue weighted by molar-refractivity contribution is 7.90. The van der Waals surface area contributed by atoms with Gasteiger partial charge in [-0.15, -0.1) is 0 Å². The first-order chi connectivity index (χ1) is 10.5. The topological polar surface area (TPSA) is 112 Å². The molecule has 1 atom stereocenters. The quantitative estimate of drug-likeness (QED) is 0.814. The average molecular weight is 342 g/mol. The van der Waals surface area contributed by atoms with Crippen molar-refractivity contribution < 1.29 is 17.5 Å². The van der Waals surface area contributed by atoms with Crippen LogP contribution >= 0.6 is 0 Å². The Morgan fingerprint density at radius 3 is 2.17 bits per heavy atom. The average Bonchev–Trinajstić information content (AvgIpc) is 3.04. The van der Waals surface area contributed by atoms with Crippen molar-refractivity contribution in [3.8, 4) is 0 Å². The molecule has 0 aromatic carbocycles. The SMILES string of the molecule is CC(C)c1noc(CS(=O)(=O)C(C)c2nc(C(C)(C)C)no2)n1. The number of rotatable bonds is 5.